The number of rotatable bonds is 10. The minimum atomic E-state index is -1.49. The van der Waals surface area contributed by atoms with Gasteiger partial charge in [-0.3, -0.25) is 4.79 Å². The summed E-state index contributed by atoms with van der Waals surface area (Å²) in [6.07, 6.45) is 0.267. The van der Waals surface area contributed by atoms with Gasteiger partial charge in [0.15, 0.2) is 12.1 Å². The maximum Gasteiger partial charge on any atom is 0.195 e. The molecule has 23 heavy (non-hydrogen) atoms. The van der Waals surface area contributed by atoms with Crippen LogP contribution in [0.25, 0.3) is 0 Å². The van der Waals surface area contributed by atoms with E-state index in [1.54, 1.807) is 32.9 Å². The number of carbonyl (C=O) groups is 1. The summed E-state index contributed by atoms with van der Waals surface area (Å²) < 4.78 is 10.9. The Labute approximate surface area is 135 Å². The van der Waals surface area contributed by atoms with E-state index < -0.39 is 11.9 Å². The molecule has 0 amide bonds. The Balaban J connectivity index is 2.48. The second-order valence-corrected chi connectivity index (χ2v) is 5.68. The van der Waals surface area contributed by atoms with Crippen molar-refractivity contribution in [3.05, 3.63) is 23.9 Å². The number of nitrogens with two attached hydrogens (primary N) is 1. The van der Waals surface area contributed by atoms with Crippen molar-refractivity contribution in [1.82, 2.24) is 4.98 Å². The summed E-state index contributed by atoms with van der Waals surface area (Å²) in [4.78, 5) is 16.4. The van der Waals surface area contributed by atoms with Gasteiger partial charge in [0.2, 0.25) is 0 Å². The Morgan fingerprint density at radius 2 is 2.13 bits per heavy atom. The molecule has 8 nitrogen and oxygen atoms in total. The minimum absolute atomic E-state index is 0.156. The smallest absolute Gasteiger partial charge is 0.195 e. The molecule has 1 rings (SSSR count). The lowest BCUT2D eigenvalue weighted by atomic mass is 9.97. The summed E-state index contributed by atoms with van der Waals surface area (Å²) in [6.45, 7) is 5.32. The van der Waals surface area contributed by atoms with Crippen molar-refractivity contribution < 1.29 is 24.5 Å². The molecule has 0 aliphatic rings. The second kappa shape index (κ2) is 8.90. The maximum atomic E-state index is 12.4. The van der Waals surface area contributed by atoms with E-state index in [-0.39, 0.29) is 18.5 Å². The van der Waals surface area contributed by atoms with E-state index in [0.717, 1.165) is 0 Å². The zero-order chi connectivity index (χ0) is 17.5. The first-order valence-electron chi connectivity index (χ1n) is 7.35. The van der Waals surface area contributed by atoms with Crippen LogP contribution in [0.3, 0.4) is 0 Å². The standard InChI is InChI=1S/C15H25N3O5/c1-10(22-9-13(19)20)6-7-23-15(2,3)14(21)11-4-5-12(18-16)17-8-11/h4-5,8,10,13,19-20H,6-7,9,16H2,1-3H3,(H,17,18). The first-order chi connectivity index (χ1) is 10.8. The first kappa shape index (κ1) is 19.5. The molecule has 1 unspecified atom stereocenters. The van der Waals surface area contributed by atoms with E-state index in [1.165, 1.54) is 6.20 Å². The molecule has 0 aliphatic heterocycles. The number of carbonyl (C=O) groups excluding carboxylic acids is 1. The number of nitrogen functional groups attached to an aromatic ring is 1. The van der Waals surface area contributed by atoms with E-state index in [9.17, 15) is 4.79 Å². The molecule has 0 saturated carbocycles. The third-order valence-corrected chi connectivity index (χ3v) is 3.24. The Kier molecular flexibility index (Phi) is 7.53. The molecule has 0 saturated heterocycles. The van der Waals surface area contributed by atoms with Gasteiger partial charge in [-0.25, -0.2) is 10.8 Å². The Hall–Kier alpha value is -1.58. The number of hydrogen-bond donors (Lipinski definition) is 4. The molecule has 5 N–H and O–H groups in total. The molecule has 0 fully saturated rings. The number of nitrogens with zero attached hydrogens (tertiary/aromatic N) is 1. The number of ether oxygens (including phenoxy) is 2. The van der Waals surface area contributed by atoms with Gasteiger partial charge < -0.3 is 25.1 Å². The van der Waals surface area contributed by atoms with Crippen molar-refractivity contribution in [2.45, 2.75) is 45.2 Å². The van der Waals surface area contributed by atoms with E-state index in [0.29, 0.717) is 24.4 Å². The zero-order valence-corrected chi connectivity index (χ0v) is 13.7. The Morgan fingerprint density at radius 3 is 2.65 bits per heavy atom. The van der Waals surface area contributed by atoms with E-state index in [2.05, 4.69) is 10.4 Å². The number of ketones is 1. The number of aliphatic hydroxyl groups is 2. The van der Waals surface area contributed by atoms with Crippen LogP contribution in [0, 0.1) is 0 Å². The van der Waals surface area contributed by atoms with E-state index in [4.69, 9.17) is 25.5 Å². The average molecular weight is 327 g/mol. The summed E-state index contributed by atoms with van der Waals surface area (Å²) in [5, 5.41) is 17.5. The summed E-state index contributed by atoms with van der Waals surface area (Å²) in [7, 11) is 0. The molecule has 1 heterocycles. The molecule has 0 aromatic carbocycles. The maximum absolute atomic E-state index is 12.4. The predicted molar refractivity (Wildman–Crippen MR) is 84.7 cm³/mol. The molecule has 0 aliphatic carbocycles. The Bertz CT molecular complexity index is 490. The highest BCUT2D eigenvalue weighted by Gasteiger charge is 2.29. The number of hydrazine groups is 1. The SMILES string of the molecule is CC(CCOC(C)(C)C(=O)c1ccc(NN)nc1)OCC(O)O. The molecule has 8 heteroatoms. The minimum Gasteiger partial charge on any atom is -0.373 e. The number of hydrogen-bond acceptors (Lipinski definition) is 8. The van der Waals surface area contributed by atoms with Gasteiger partial charge in [0.25, 0.3) is 0 Å². The van der Waals surface area contributed by atoms with Gasteiger partial charge in [0, 0.05) is 11.8 Å². The largest absolute Gasteiger partial charge is 0.373 e. The number of anilines is 1. The van der Waals surface area contributed by atoms with E-state index >= 15 is 0 Å². The van der Waals surface area contributed by atoms with Crippen LogP contribution >= 0.6 is 0 Å². The molecule has 1 aromatic heterocycles. The summed E-state index contributed by atoms with van der Waals surface area (Å²) >= 11 is 0. The number of Topliss-reactive ketones (excluding diaryl/α,β-unsaturated/α-hetero) is 1. The van der Waals surface area contributed by atoms with Gasteiger partial charge in [-0.05, 0) is 39.3 Å². The molecule has 130 valence electrons. The average Bonchev–Trinajstić information content (AvgIpc) is 2.52. The lowest BCUT2D eigenvalue weighted by Gasteiger charge is -2.25. The third-order valence-electron chi connectivity index (χ3n) is 3.24. The summed E-state index contributed by atoms with van der Waals surface area (Å²) in [5.41, 5.74) is 1.82. The predicted octanol–water partition coefficient (Wildman–Crippen LogP) is 0.451. The topological polar surface area (TPSA) is 127 Å². The van der Waals surface area contributed by atoms with Crippen LogP contribution in [-0.4, -0.2) is 52.2 Å². The molecule has 0 radical (unpaired) electrons. The second-order valence-electron chi connectivity index (χ2n) is 5.68. The zero-order valence-electron chi connectivity index (χ0n) is 13.7. The van der Waals surface area contributed by atoms with Crippen molar-refractivity contribution >= 4 is 11.6 Å². The van der Waals surface area contributed by atoms with Gasteiger partial charge in [0.05, 0.1) is 19.3 Å². The fourth-order valence-electron chi connectivity index (χ4n) is 1.84. The van der Waals surface area contributed by atoms with Crippen LogP contribution in [0.2, 0.25) is 0 Å². The normalized spacial score (nSPS) is 13.2. The molecule has 0 spiro atoms. The van der Waals surface area contributed by atoms with Gasteiger partial charge in [-0.2, -0.15) is 0 Å². The highest BCUT2D eigenvalue weighted by Crippen LogP contribution is 2.18. The van der Waals surface area contributed by atoms with Crippen LogP contribution in [0.1, 0.15) is 37.6 Å². The quantitative estimate of drug-likeness (QED) is 0.211. The van der Waals surface area contributed by atoms with Crippen LogP contribution in [0.15, 0.2) is 18.3 Å². The molecule has 0 bridgehead atoms. The third kappa shape index (κ3) is 6.59. The summed E-state index contributed by atoms with van der Waals surface area (Å²) in [6, 6.07) is 3.24. The van der Waals surface area contributed by atoms with Crippen molar-refractivity contribution in [3.8, 4) is 0 Å². The lowest BCUT2D eigenvalue weighted by molar-refractivity contribution is -0.114. The molecular formula is C15H25N3O5. The van der Waals surface area contributed by atoms with Gasteiger partial charge in [-0.1, -0.05) is 0 Å². The fraction of sp³-hybridized carbons (Fsp3) is 0.600. The Morgan fingerprint density at radius 1 is 1.43 bits per heavy atom. The number of nitrogens with one attached hydrogen (secondary N) is 1. The van der Waals surface area contributed by atoms with Gasteiger partial charge in [0.1, 0.15) is 11.4 Å². The van der Waals surface area contributed by atoms with Crippen LogP contribution in [-0.2, 0) is 9.47 Å². The number of aliphatic hydroxyl groups excluding tert-OH is 1. The highest BCUT2D eigenvalue weighted by molar-refractivity contribution is 6.01. The van der Waals surface area contributed by atoms with Crippen molar-refractivity contribution in [1.29, 1.82) is 0 Å². The summed E-state index contributed by atoms with van der Waals surface area (Å²) in [5.74, 6) is 5.52. The molecular weight excluding hydrogens is 302 g/mol. The number of pyridine rings is 1. The van der Waals surface area contributed by atoms with Gasteiger partial charge >= 0.3 is 0 Å². The fourth-order valence-corrected chi connectivity index (χ4v) is 1.84. The van der Waals surface area contributed by atoms with Crippen molar-refractivity contribution in [3.63, 3.8) is 0 Å². The lowest BCUT2D eigenvalue weighted by Crippen LogP contribution is -2.36. The first-order valence-corrected chi connectivity index (χ1v) is 7.35. The molecule has 1 atom stereocenters. The van der Waals surface area contributed by atoms with Gasteiger partial charge in [-0.15, -0.1) is 0 Å². The van der Waals surface area contributed by atoms with Crippen LogP contribution in [0.5, 0.6) is 0 Å². The van der Waals surface area contributed by atoms with Crippen molar-refractivity contribution in [2.24, 2.45) is 5.84 Å². The molecule has 1 aromatic rings. The van der Waals surface area contributed by atoms with Crippen molar-refractivity contribution in [2.75, 3.05) is 18.6 Å². The van der Waals surface area contributed by atoms with Crippen LogP contribution in [0.4, 0.5) is 5.82 Å². The van der Waals surface area contributed by atoms with Crippen LogP contribution < -0.4 is 11.3 Å². The number of aromatic nitrogens is 1. The highest BCUT2D eigenvalue weighted by atomic mass is 16.5. The monoisotopic (exact) mass is 327 g/mol. The van der Waals surface area contributed by atoms with E-state index in [1.807, 2.05) is 0 Å².